The standard InChI is InChI=1S/C17H25N3O4S/c1-11(2)5-4-6-12(3)19-16(21)10-25-15-8-7-13(17(18)22)9-14(15)20(23)24/h7-9,11-12H,4-6,10H2,1-3H3,(H2,18,22)(H,19,21). The van der Waals surface area contributed by atoms with E-state index < -0.39 is 10.8 Å². The van der Waals surface area contributed by atoms with Crippen molar-refractivity contribution in [1.82, 2.24) is 5.32 Å². The lowest BCUT2D eigenvalue weighted by Crippen LogP contribution is -2.33. The van der Waals surface area contributed by atoms with Crippen LogP contribution < -0.4 is 11.1 Å². The van der Waals surface area contributed by atoms with Gasteiger partial charge in [-0.2, -0.15) is 0 Å². The van der Waals surface area contributed by atoms with Crippen molar-refractivity contribution < 1.29 is 14.5 Å². The van der Waals surface area contributed by atoms with Gasteiger partial charge in [-0.15, -0.1) is 11.8 Å². The zero-order valence-electron chi connectivity index (χ0n) is 14.8. The molecule has 1 rings (SSSR count). The number of thioether (sulfide) groups is 1. The maximum atomic E-state index is 12.0. The zero-order chi connectivity index (χ0) is 19.0. The Kier molecular flexibility index (Phi) is 8.40. The van der Waals surface area contributed by atoms with Crippen molar-refractivity contribution >= 4 is 29.3 Å². The van der Waals surface area contributed by atoms with Crippen molar-refractivity contribution in [3.63, 3.8) is 0 Å². The molecular formula is C17H25N3O4S. The van der Waals surface area contributed by atoms with Crippen LogP contribution in [0.2, 0.25) is 0 Å². The number of primary amides is 1. The first-order chi connectivity index (χ1) is 11.7. The fraction of sp³-hybridized carbons (Fsp3) is 0.529. The monoisotopic (exact) mass is 367 g/mol. The van der Waals surface area contributed by atoms with E-state index in [1.165, 1.54) is 12.1 Å². The normalized spacial score (nSPS) is 12.0. The molecule has 1 unspecified atom stereocenters. The molecule has 0 spiro atoms. The molecule has 0 radical (unpaired) electrons. The number of nitrogens with zero attached hydrogens (tertiary/aromatic N) is 1. The van der Waals surface area contributed by atoms with E-state index in [1.807, 2.05) is 6.92 Å². The van der Waals surface area contributed by atoms with E-state index in [2.05, 4.69) is 19.2 Å². The molecule has 1 atom stereocenters. The first-order valence-electron chi connectivity index (χ1n) is 8.21. The van der Waals surface area contributed by atoms with Gasteiger partial charge in [0, 0.05) is 17.7 Å². The van der Waals surface area contributed by atoms with Crippen molar-refractivity contribution in [2.24, 2.45) is 11.7 Å². The van der Waals surface area contributed by atoms with Gasteiger partial charge >= 0.3 is 0 Å². The van der Waals surface area contributed by atoms with Crippen molar-refractivity contribution in [2.45, 2.75) is 51.0 Å². The summed E-state index contributed by atoms with van der Waals surface area (Å²) in [6, 6.07) is 4.07. The fourth-order valence-electron chi connectivity index (χ4n) is 2.30. The lowest BCUT2D eigenvalue weighted by molar-refractivity contribution is -0.387. The summed E-state index contributed by atoms with van der Waals surface area (Å²) in [5.41, 5.74) is 4.98. The van der Waals surface area contributed by atoms with Crippen molar-refractivity contribution in [1.29, 1.82) is 0 Å². The van der Waals surface area contributed by atoms with Gasteiger partial charge in [0.15, 0.2) is 0 Å². The number of rotatable bonds is 10. The summed E-state index contributed by atoms with van der Waals surface area (Å²) in [5, 5.41) is 14.0. The molecule has 0 aliphatic rings. The summed E-state index contributed by atoms with van der Waals surface area (Å²) in [7, 11) is 0. The first-order valence-corrected chi connectivity index (χ1v) is 9.19. The number of nitrogens with one attached hydrogen (secondary N) is 1. The molecule has 0 heterocycles. The molecule has 138 valence electrons. The summed E-state index contributed by atoms with van der Waals surface area (Å²) >= 11 is 1.07. The highest BCUT2D eigenvalue weighted by Crippen LogP contribution is 2.30. The van der Waals surface area contributed by atoms with E-state index in [0.717, 1.165) is 37.1 Å². The van der Waals surface area contributed by atoms with Gasteiger partial charge < -0.3 is 11.1 Å². The number of amides is 2. The van der Waals surface area contributed by atoms with Gasteiger partial charge in [-0.1, -0.05) is 26.7 Å². The number of carbonyl (C=O) groups is 2. The second-order valence-electron chi connectivity index (χ2n) is 6.39. The zero-order valence-corrected chi connectivity index (χ0v) is 15.6. The Morgan fingerprint density at radius 3 is 2.52 bits per heavy atom. The number of hydrogen-bond donors (Lipinski definition) is 2. The lowest BCUT2D eigenvalue weighted by Gasteiger charge is -2.14. The molecule has 0 fully saturated rings. The molecule has 25 heavy (non-hydrogen) atoms. The van der Waals surface area contributed by atoms with E-state index in [1.54, 1.807) is 0 Å². The number of hydrogen-bond acceptors (Lipinski definition) is 5. The molecule has 2 amide bonds. The molecule has 0 bridgehead atoms. The van der Waals surface area contributed by atoms with Crippen LogP contribution in [0.3, 0.4) is 0 Å². The van der Waals surface area contributed by atoms with Gasteiger partial charge in [0.05, 0.1) is 15.6 Å². The highest BCUT2D eigenvalue weighted by atomic mass is 32.2. The van der Waals surface area contributed by atoms with Crippen LogP contribution in [-0.4, -0.2) is 28.5 Å². The summed E-state index contributed by atoms with van der Waals surface area (Å²) in [5.74, 6) is -0.184. The van der Waals surface area contributed by atoms with Gasteiger partial charge in [-0.25, -0.2) is 0 Å². The maximum Gasteiger partial charge on any atom is 0.283 e. The third-order valence-electron chi connectivity index (χ3n) is 3.62. The van der Waals surface area contributed by atoms with Gasteiger partial charge in [0.1, 0.15) is 0 Å². The Balaban J connectivity index is 2.58. The predicted molar refractivity (Wildman–Crippen MR) is 98.6 cm³/mol. The van der Waals surface area contributed by atoms with Crippen molar-refractivity contribution in [3.05, 3.63) is 33.9 Å². The Bertz CT molecular complexity index is 634. The largest absolute Gasteiger partial charge is 0.366 e. The Morgan fingerprint density at radius 1 is 1.28 bits per heavy atom. The van der Waals surface area contributed by atoms with E-state index in [0.29, 0.717) is 10.8 Å². The SMILES string of the molecule is CC(C)CCCC(C)NC(=O)CSc1ccc(C(N)=O)cc1[N+](=O)[O-]. The lowest BCUT2D eigenvalue weighted by atomic mass is 10.0. The molecule has 1 aromatic carbocycles. The van der Waals surface area contributed by atoms with Gasteiger partial charge in [-0.05, 0) is 31.4 Å². The fourth-order valence-corrected chi connectivity index (χ4v) is 3.12. The van der Waals surface area contributed by atoms with Crippen LogP contribution in [-0.2, 0) is 4.79 Å². The summed E-state index contributed by atoms with van der Waals surface area (Å²) in [4.78, 5) is 34.0. The topological polar surface area (TPSA) is 115 Å². The smallest absolute Gasteiger partial charge is 0.283 e. The van der Waals surface area contributed by atoms with Crippen LogP contribution in [0.4, 0.5) is 5.69 Å². The molecule has 0 saturated heterocycles. The van der Waals surface area contributed by atoms with Crippen molar-refractivity contribution in [2.75, 3.05) is 5.75 Å². The quantitative estimate of drug-likeness (QED) is 0.374. The van der Waals surface area contributed by atoms with Crippen LogP contribution >= 0.6 is 11.8 Å². The second kappa shape index (κ2) is 10.0. The van der Waals surface area contributed by atoms with E-state index >= 15 is 0 Å². The van der Waals surface area contributed by atoms with Crippen molar-refractivity contribution in [3.8, 4) is 0 Å². The number of nitrogens with two attached hydrogens (primary N) is 1. The molecule has 0 aliphatic carbocycles. The number of benzene rings is 1. The van der Waals surface area contributed by atoms with Gasteiger partial charge in [0.25, 0.3) is 5.69 Å². The van der Waals surface area contributed by atoms with Crippen LogP contribution in [0.15, 0.2) is 23.1 Å². The van der Waals surface area contributed by atoms with Crippen LogP contribution in [0, 0.1) is 16.0 Å². The average Bonchev–Trinajstić information content (AvgIpc) is 2.52. The minimum atomic E-state index is -0.729. The molecule has 0 aromatic heterocycles. The Morgan fingerprint density at radius 2 is 1.96 bits per heavy atom. The van der Waals surface area contributed by atoms with Crippen LogP contribution in [0.25, 0.3) is 0 Å². The molecule has 8 heteroatoms. The molecular weight excluding hydrogens is 342 g/mol. The minimum absolute atomic E-state index is 0.0686. The third-order valence-corrected chi connectivity index (χ3v) is 4.69. The summed E-state index contributed by atoms with van der Waals surface area (Å²) in [6.45, 7) is 6.28. The molecule has 1 aromatic rings. The van der Waals surface area contributed by atoms with Gasteiger partial charge in [-0.3, -0.25) is 19.7 Å². The number of nitro groups is 1. The molecule has 7 nitrogen and oxygen atoms in total. The predicted octanol–water partition coefficient (Wildman–Crippen LogP) is 3.12. The second-order valence-corrected chi connectivity index (χ2v) is 7.40. The highest BCUT2D eigenvalue weighted by molar-refractivity contribution is 8.00. The maximum absolute atomic E-state index is 12.0. The van der Waals surface area contributed by atoms with Gasteiger partial charge in [0.2, 0.25) is 11.8 Å². The summed E-state index contributed by atoms with van der Waals surface area (Å²) < 4.78 is 0. The first kappa shape index (κ1) is 21.0. The average molecular weight is 367 g/mol. The summed E-state index contributed by atoms with van der Waals surface area (Å²) in [6.07, 6.45) is 3.07. The number of carbonyl (C=O) groups excluding carboxylic acids is 2. The Labute approximate surface area is 151 Å². The third kappa shape index (κ3) is 7.55. The van der Waals surface area contributed by atoms with Crippen LogP contribution in [0.5, 0.6) is 0 Å². The molecule has 0 saturated carbocycles. The minimum Gasteiger partial charge on any atom is -0.366 e. The van der Waals surface area contributed by atoms with E-state index in [-0.39, 0.29) is 29.0 Å². The Hall–Kier alpha value is -2.09. The molecule has 0 aliphatic heterocycles. The van der Waals surface area contributed by atoms with Crippen LogP contribution in [0.1, 0.15) is 50.4 Å². The van der Waals surface area contributed by atoms with E-state index in [9.17, 15) is 19.7 Å². The molecule has 3 N–H and O–H groups in total. The van der Waals surface area contributed by atoms with E-state index in [4.69, 9.17) is 5.73 Å². The highest BCUT2D eigenvalue weighted by Gasteiger charge is 2.18. The number of nitro benzene ring substituents is 1.